The molecule has 0 aliphatic heterocycles. The van der Waals surface area contributed by atoms with Crippen molar-refractivity contribution in [1.82, 2.24) is 10.1 Å². The van der Waals surface area contributed by atoms with Crippen molar-refractivity contribution in [3.8, 4) is 0 Å². The van der Waals surface area contributed by atoms with E-state index in [-0.39, 0.29) is 12.1 Å². The number of nitrogens with zero attached hydrogens (tertiary/aromatic N) is 2. The van der Waals surface area contributed by atoms with Gasteiger partial charge < -0.3 is 15.0 Å². The zero-order chi connectivity index (χ0) is 10.6. The molecule has 0 spiro atoms. The van der Waals surface area contributed by atoms with Gasteiger partial charge in [-0.05, 0) is 13.3 Å². The summed E-state index contributed by atoms with van der Waals surface area (Å²) in [7, 11) is 1.60. The van der Waals surface area contributed by atoms with Crippen molar-refractivity contribution >= 4 is 0 Å². The average Bonchev–Trinajstić information content (AvgIpc) is 2.66. The van der Waals surface area contributed by atoms with E-state index in [2.05, 4.69) is 17.1 Å². The first-order valence-electron chi connectivity index (χ1n) is 4.80. The maximum atomic E-state index is 5.82. The van der Waals surface area contributed by atoms with Gasteiger partial charge in [-0.25, -0.2) is 0 Å². The van der Waals surface area contributed by atoms with E-state index >= 15 is 0 Å². The Bertz CT molecular complexity index is 275. The summed E-state index contributed by atoms with van der Waals surface area (Å²) in [5, 5.41) is 3.80. The van der Waals surface area contributed by atoms with Crippen LogP contribution in [0.1, 0.15) is 50.6 Å². The van der Waals surface area contributed by atoms with Crippen molar-refractivity contribution in [3.05, 3.63) is 11.7 Å². The molecule has 1 aromatic rings. The van der Waals surface area contributed by atoms with Crippen molar-refractivity contribution in [1.29, 1.82) is 0 Å². The van der Waals surface area contributed by atoms with Gasteiger partial charge in [0.1, 0.15) is 6.10 Å². The van der Waals surface area contributed by atoms with Crippen LogP contribution in [0.25, 0.3) is 0 Å². The van der Waals surface area contributed by atoms with Crippen molar-refractivity contribution in [2.24, 2.45) is 5.73 Å². The minimum Gasteiger partial charge on any atom is -0.374 e. The summed E-state index contributed by atoms with van der Waals surface area (Å²) in [5.74, 6) is 1.04. The third-order valence-electron chi connectivity index (χ3n) is 2.09. The molecular formula is C9H17N3O2. The Hall–Kier alpha value is -0.940. The summed E-state index contributed by atoms with van der Waals surface area (Å²) in [5.41, 5.74) is 5.82. The predicted molar refractivity (Wildman–Crippen MR) is 51.6 cm³/mol. The smallest absolute Gasteiger partial charge is 0.243 e. The van der Waals surface area contributed by atoms with Crippen molar-refractivity contribution < 1.29 is 9.26 Å². The highest BCUT2D eigenvalue weighted by Crippen LogP contribution is 2.17. The molecule has 1 aromatic heterocycles. The van der Waals surface area contributed by atoms with Crippen LogP contribution in [0.5, 0.6) is 0 Å². The molecule has 0 radical (unpaired) electrons. The molecule has 1 rings (SSSR count). The summed E-state index contributed by atoms with van der Waals surface area (Å²) in [6.07, 6.45) is 1.70. The fraction of sp³-hybridized carbons (Fsp3) is 0.778. The number of hydrogen-bond donors (Lipinski definition) is 1. The molecule has 0 aromatic carbocycles. The molecule has 5 heteroatoms. The minimum absolute atomic E-state index is 0.152. The zero-order valence-corrected chi connectivity index (χ0v) is 8.86. The van der Waals surface area contributed by atoms with Crippen LogP contribution in [0.2, 0.25) is 0 Å². The van der Waals surface area contributed by atoms with E-state index in [1.807, 2.05) is 6.92 Å². The molecule has 5 nitrogen and oxygen atoms in total. The van der Waals surface area contributed by atoms with Gasteiger partial charge in [-0.2, -0.15) is 4.98 Å². The molecule has 0 saturated carbocycles. The minimum atomic E-state index is -0.162. The highest BCUT2D eigenvalue weighted by atomic mass is 16.5. The number of ether oxygens (including phenoxy) is 1. The molecule has 0 amide bonds. The molecule has 80 valence electrons. The lowest BCUT2D eigenvalue weighted by Crippen LogP contribution is -2.10. The van der Waals surface area contributed by atoms with Gasteiger partial charge >= 0.3 is 0 Å². The van der Waals surface area contributed by atoms with Gasteiger partial charge in [0.15, 0.2) is 5.82 Å². The average molecular weight is 199 g/mol. The first-order valence-corrected chi connectivity index (χ1v) is 4.80. The maximum Gasteiger partial charge on any atom is 0.243 e. The van der Waals surface area contributed by atoms with Gasteiger partial charge in [0.2, 0.25) is 5.89 Å². The molecule has 1 heterocycles. The second-order valence-electron chi connectivity index (χ2n) is 3.26. The molecule has 2 unspecified atom stereocenters. The summed E-state index contributed by atoms with van der Waals surface area (Å²) >= 11 is 0. The molecule has 0 saturated heterocycles. The molecular weight excluding hydrogens is 182 g/mol. The van der Waals surface area contributed by atoms with Crippen molar-refractivity contribution in [2.75, 3.05) is 7.11 Å². The van der Waals surface area contributed by atoms with Crippen LogP contribution in [0.4, 0.5) is 0 Å². The Balaban J connectivity index is 2.67. The van der Waals surface area contributed by atoms with Crippen LogP contribution in [0, 0.1) is 0 Å². The number of methoxy groups -OCH3 is 1. The highest BCUT2D eigenvalue weighted by Gasteiger charge is 2.16. The van der Waals surface area contributed by atoms with Gasteiger partial charge in [0.25, 0.3) is 0 Å². The first kappa shape index (κ1) is 11.1. The van der Waals surface area contributed by atoms with Crippen LogP contribution in [-0.4, -0.2) is 17.3 Å². The van der Waals surface area contributed by atoms with E-state index in [4.69, 9.17) is 15.0 Å². The summed E-state index contributed by atoms with van der Waals surface area (Å²) < 4.78 is 10.1. The van der Waals surface area contributed by atoms with Crippen LogP contribution < -0.4 is 5.73 Å². The standard InChI is InChI=1S/C9H17N3O2/c1-4-5-7(10)9-11-8(12-14-9)6(2)13-3/h6-7H,4-5,10H2,1-3H3. The molecule has 0 aliphatic carbocycles. The number of aromatic nitrogens is 2. The van der Waals surface area contributed by atoms with Gasteiger partial charge in [0, 0.05) is 7.11 Å². The van der Waals surface area contributed by atoms with Crippen LogP contribution in [-0.2, 0) is 4.74 Å². The first-order chi connectivity index (χ1) is 6.69. The Labute approximate surface area is 83.6 Å². The van der Waals surface area contributed by atoms with E-state index < -0.39 is 0 Å². The second kappa shape index (κ2) is 5.07. The van der Waals surface area contributed by atoms with E-state index in [0.29, 0.717) is 11.7 Å². The van der Waals surface area contributed by atoms with Crippen LogP contribution >= 0.6 is 0 Å². The van der Waals surface area contributed by atoms with E-state index in [0.717, 1.165) is 12.8 Å². The van der Waals surface area contributed by atoms with Crippen LogP contribution in [0.15, 0.2) is 4.52 Å². The predicted octanol–water partition coefficient (Wildman–Crippen LogP) is 1.58. The molecule has 2 atom stereocenters. The Kier molecular flexibility index (Phi) is 4.03. The van der Waals surface area contributed by atoms with Gasteiger partial charge in [-0.3, -0.25) is 0 Å². The fourth-order valence-corrected chi connectivity index (χ4v) is 1.10. The topological polar surface area (TPSA) is 74.2 Å². The second-order valence-corrected chi connectivity index (χ2v) is 3.26. The molecule has 0 aliphatic rings. The van der Waals surface area contributed by atoms with Gasteiger partial charge in [-0.15, -0.1) is 0 Å². The van der Waals surface area contributed by atoms with Gasteiger partial charge in [-0.1, -0.05) is 18.5 Å². The maximum absolute atomic E-state index is 5.82. The molecule has 0 bridgehead atoms. The Morgan fingerprint density at radius 3 is 2.86 bits per heavy atom. The summed E-state index contributed by atoms with van der Waals surface area (Å²) in [4.78, 5) is 4.17. The third kappa shape index (κ3) is 2.52. The monoisotopic (exact) mass is 199 g/mol. The normalized spacial score (nSPS) is 15.4. The van der Waals surface area contributed by atoms with Crippen molar-refractivity contribution in [3.63, 3.8) is 0 Å². The lowest BCUT2D eigenvalue weighted by atomic mass is 10.2. The lowest BCUT2D eigenvalue weighted by Gasteiger charge is -2.03. The quantitative estimate of drug-likeness (QED) is 0.779. The summed E-state index contributed by atoms with van der Waals surface area (Å²) in [6, 6.07) is -0.162. The lowest BCUT2D eigenvalue weighted by molar-refractivity contribution is 0.109. The summed E-state index contributed by atoms with van der Waals surface area (Å²) in [6.45, 7) is 3.93. The third-order valence-corrected chi connectivity index (χ3v) is 2.09. The number of hydrogen-bond acceptors (Lipinski definition) is 5. The number of rotatable bonds is 5. The molecule has 14 heavy (non-hydrogen) atoms. The van der Waals surface area contributed by atoms with Gasteiger partial charge in [0.05, 0.1) is 6.04 Å². The molecule has 2 N–H and O–H groups in total. The highest BCUT2D eigenvalue weighted by molar-refractivity contribution is 4.93. The fourth-order valence-electron chi connectivity index (χ4n) is 1.10. The van der Waals surface area contributed by atoms with Crippen molar-refractivity contribution in [2.45, 2.75) is 38.8 Å². The zero-order valence-electron chi connectivity index (χ0n) is 8.86. The largest absolute Gasteiger partial charge is 0.374 e. The van der Waals surface area contributed by atoms with E-state index in [1.165, 1.54) is 0 Å². The Morgan fingerprint density at radius 1 is 1.57 bits per heavy atom. The van der Waals surface area contributed by atoms with Crippen LogP contribution in [0.3, 0.4) is 0 Å². The molecule has 0 fully saturated rings. The number of nitrogens with two attached hydrogens (primary N) is 1. The Morgan fingerprint density at radius 2 is 2.29 bits per heavy atom. The SMILES string of the molecule is CCCC(N)c1nc(C(C)OC)no1. The van der Waals surface area contributed by atoms with E-state index in [1.54, 1.807) is 7.11 Å². The van der Waals surface area contributed by atoms with E-state index in [9.17, 15) is 0 Å².